The zero-order chi connectivity index (χ0) is 15.1. The molecule has 1 atom stereocenters. The van der Waals surface area contributed by atoms with Crippen molar-refractivity contribution in [1.82, 2.24) is 4.98 Å². The van der Waals surface area contributed by atoms with E-state index >= 15 is 0 Å². The Bertz CT molecular complexity index is 560. The monoisotopic (exact) mass is 300 g/mol. The minimum Gasteiger partial charge on any atom is -0.308 e. The van der Waals surface area contributed by atoms with Crippen molar-refractivity contribution in [3.63, 3.8) is 0 Å². The molecule has 0 aliphatic heterocycles. The number of anilines is 1. The van der Waals surface area contributed by atoms with Crippen LogP contribution in [-0.4, -0.2) is 22.4 Å². The molecule has 0 fully saturated rings. The summed E-state index contributed by atoms with van der Waals surface area (Å²) in [5, 5.41) is 0.317. The predicted molar refractivity (Wildman–Crippen MR) is 89.5 cm³/mol. The van der Waals surface area contributed by atoms with E-state index in [-0.39, 0.29) is 5.91 Å². The number of rotatable bonds is 6. The zero-order valence-electron chi connectivity index (χ0n) is 12.4. The normalized spacial score (nSPS) is 11.9. The van der Waals surface area contributed by atoms with Gasteiger partial charge in [-0.25, -0.2) is 0 Å². The highest BCUT2D eigenvalue weighted by Gasteiger charge is 2.18. The van der Waals surface area contributed by atoms with E-state index in [0.29, 0.717) is 18.2 Å². The molecule has 0 saturated carbocycles. The molecule has 2 aromatic rings. The molecule has 1 heterocycles. The first-order valence-corrected chi connectivity index (χ1v) is 8.26. The number of nitrogens with zero attached hydrogens (tertiary/aromatic N) is 2. The van der Waals surface area contributed by atoms with Crippen LogP contribution >= 0.6 is 11.8 Å². The molecule has 0 bridgehead atoms. The van der Waals surface area contributed by atoms with Crippen LogP contribution in [0, 0.1) is 0 Å². The molecule has 1 aromatic carbocycles. The molecule has 0 radical (unpaired) electrons. The predicted octanol–water partition coefficient (Wildman–Crippen LogP) is 3.76. The van der Waals surface area contributed by atoms with Gasteiger partial charge in [0.15, 0.2) is 0 Å². The number of carbonyl (C=O) groups is 1. The lowest BCUT2D eigenvalue weighted by Gasteiger charge is -2.24. The lowest BCUT2D eigenvalue weighted by atomic mass is 10.2. The SMILES string of the molecule is CS[C@H](C)CC(=O)N(Cc1ccccc1)c1ccncc1. The van der Waals surface area contributed by atoms with E-state index in [1.54, 1.807) is 24.2 Å². The van der Waals surface area contributed by atoms with Gasteiger partial charge in [-0.05, 0) is 24.0 Å². The number of amides is 1. The Morgan fingerprint density at radius 2 is 1.86 bits per heavy atom. The van der Waals surface area contributed by atoms with Gasteiger partial charge in [-0.2, -0.15) is 11.8 Å². The van der Waals surface area contributed by atoms with Gasteiger partial charge >= 0.3 is 0 Å². The molecule has 1 amide bonds. The minimum absolute atomic E-state index is 0.145. The lowest BCUT2D eigenvalue weighted by Crippen LogP contribution is -2.32. The molecule has 3 nitrogen and oxygen atoms in total. The highest BCUT2D eigenvalue weighted by molar-refractivity contribution is 7.99. The van der Waals surface area contributed by atoms with Crippen molar-refractivity contribution in [3.8, 4) is 0 Å². The van der Waals surface area contributed by atoms with E-state index in [0.717, 1.165) is 11.3 Å². The first kappa shape index (κ1) is 15.6. The van der Waals surface area contributed by atoms with E-state index < -0.39 is 0 Å². The van der Waals surface area contributed by atoms with Crippen LogP contribution in [0.1, 0.15) is 18.9 Å². The third-order valence-electron chi connectivity index (χ3n) is 3.32. The number of benzene rings is 1. The quantitative estimate of drug-likeness (QED) is 0.814. The molecule has 21 heavy (non-hydrogen) atoms. The van der Waals surface area contributed by atoms with Gasteiger partial charge in [-0.1, -0.05) is 37.3 Å². The Balaban J connectivity index is 2.20. The molecule has 0 unspecified atom stereocenters. The highest BCUT2D eigenvalue weighted by Crippen LogP contribution is 2.20. The van der Waals surface area contributed by atoms with Gasteiger partial charge < -0.3 is 4.90 Å². The molecule has 0 aliphatic carbocycles. The van der Waals surface area contributed by atoms with Crippen LogP contribution in [0.3, 0.4) is 0 Å². The van der Waals surface area contributed by atoms with Crippen LogP contribution in [0.25, 0.3) is 0 Å². The fraction of sp³-hybridized carbons (Fsp3) is 0.294. The summed E-state index contributed by atoms with van der Waals surface area (Å²) in [5.74, 6) is 0.145. The van der Waals surface area contributed by atoms with E-state index in [1.165, 1.54) is 0 Å². The van der Waals surface area contributed by atoms with Gasteiger partial charge in [0, 0.05) is 29.8 Å². The lowest BCUT2D eigenvalue weighted by molar-refractivity contribution is -0.118. The Morgan fingerprint density at radius 3 is 2.48 bits per heavy atom. The van der Waals surface area contributed by atoms with Crippen molar-refractivity contribution in [2.75, 3.05) is 11.2 Å². The molecule has 4 heteroatoms. The summed E-state index contributed by atoms with van der Waals surface area (Å²) in [4.78, 5) is 18.5. The number of hydrogen-bond acceptors (Lipinski definition) is 3. The van der Waals surface area contributed by atoms with Crippen molar-refractivity contribution >= 4 is 23.4 Å². The molecule has 0 N–H and O–H groups in total. The van der Waals surface area contributed by atoms with Gasteiger partial charge in [0.25, 0.3) is 0 Å². The topological polar surface area (TPSA) is 33.2 Å². The molecular weight excluding hydrogens is 280 g/mol. The Labute approximate surface area is 130 Å². The van der Waals surface area contributed by atoms with Crippen LogP contribution < -0.4 is 4.90 Å². The van der Waals surface area contributed by atoms with Gasteiger partial charge in [-0.15, -0.1) is 0 Å². The second kappa shape index (κ2) is 7.84. The van der Waals surface area contributed by atoms with Crippen molar-refractivity contribution in [3.05, 3.63) is 60.4 Å². The molecule has 0 saturated heterocycles. The number of hydrogen-bond donors (Lipinski definition) is 0. The Kier molecular flexibility index (Phi) is 5.81. The smallest absolute Gasteiger partial charge is 0.228 e. The van der Waals surface area contributed by atoms with Crippen LogP contribution in [0.2, 0.25) is 0 Å². The second-order valence-electron chi connectivity index (χ2n) is 4.92. The van der Waals surface area contributed by atoms with Crippen LogP contribution in [-0.2, 0) is 11.3 Å². The summed E-state index contributed by atoms with van der Waals surface area (Å²) in [5.41, 5.74) is 2.02. The maximum absolute atomic E-state index is 12.6. The van der Waals surface area contributed by atoms with E-state index in [4.69, 9.17) is 0 Å². The fourth-order valence-electron chi connectivity index (χ4n) is 2.05. The highest BCUT2D eigenvalue weighted by atomic mass is 32.2. The molecular formula is C17H20N2OS. The van der Waals surface area contributed by atoms with Crippen LogP contribution in [0.4, 0.5) is 5.69 Å². The van der Waals surface area contributed by atoms with Crippen LogP contribution in [0.5, 0.6) is 0 Å². The average molecular weight is 300 g/mol. The summed E-state index contributed by atoms with van der Waals surface area (Å²) in [6.45, 7) is 2.67. The Morgan fingerprint density at radius 1 is 1.19 bits per heavy atom. The average Bonchev–Trinajstić information content (AvgIpc) is 2.54. The van der Waals surface area contributed by atoms with Gasteiger partial charge in [0.2, 0.25) is 5.91 Å². The third-order valence-corrected chi connectivity index (χ3v) is 4.29. The van der Waals surface area contributed by atoms with Crippen LogP contribution in [0.15, 0.2) is 54.9 Å². The van der Waals surface area contributed by atoms with Crippen molar-refractivity contribution in [2.45, 2.75) is 25.1 Å². The van der Waals surface area contributed by atoms with E-state index in [9.17, 15) is 4.79 Å². The zero-order valence-corrected chi connectivity index (χ0v) is 13.2. The first-order valence-electron chi connectivity index (χ1n) is 6.98. The summed E-state index contributed by atoms with van der Waals surface area (Å²) >= 11 is 1.71. The van der Waals surface area contributed by atoms with E-state index in [1.807, 2.05) is 53.6 Å². The maximum Gasteiger partial charge on any atom is 0.228 e. The first-order chi connectivity index (χ1) is 10.2. The molecule has 0 aliphatic rings. The summed E-state index contributed by atoms with van der Waals surface area (Å²) in [6, 6.07) is 13.8. The minimum atomic E-state index is 0.145. The summed E-state index contributed by atoms with van der Waals surface area (Å²) in [6.07, 6.45) is 6.01. The van der Waals surface area contributed by atoms with Gasteiger partial charge in [0.05, 0.1) is 6.54 Å². The fourth-order valence-corrected chi connectivity index (χ4v) is 2.36. The molecule has 1 aromatic heterocycles. The largest absolute Gasteiger partial charge is 0.308 e. The maximum atomic E-state index is 12.6. The van der Waals surface area contributed by atoms with Crippen molar-refractivity contribution in [1.29, 1.82) is 0 Å². The number of thioether (sulfide) groups is 1. The number of aromatic nitrogens is 1. The van der Waals surface area contributed by atoms with Gasteiger partial charge in [-0.3, -0.25) is 9.78 Å². The van der Waals surface area contributed by atoms with Crippen molar-refractivity contribution in [2.24, 2.45) is 0 Å². The summed E-state index contributed by atoms with van der Waals surface area (Å²) < 4.78 is 0. The van der Waals surface area contributed by atoms with Gasteiger partial charge in [0.1, 0.15) is 0 Å². The summed E-state index contributed by atoms with van der Waals surface area (Å²) in [7, 11) is 0. The Hall–Kier alpha value is -1.81. The number of carbonyl (C=O) groups excluding carboxylic acids is 1. The number of pyridine rings is 1. The third kappa shape index (κ3) is 4.60. The molecule has 2 rings (SSSR count). The molecule has 0 spiro atoms. The second-order valence-corrected chi connectivity index (χ2v) is 6.20. The standard InChI is InChI=1S/C17H20N2OS/c1-14(21-2)12-17(20)19(16-8-10-18-11-9-16)13-15-6-4-3-5-7-15/h3-11,14H,12-13H2,1-2H3/t14-/m1/s1. The van der Waals surface area contributed by atoms with E-state index in [2.05, 4.69) is 11.9 Å². The van der Waals surface area contributed by atoms with Crippen molar-refractivity contribution < 1.29 is 4.79 Å². The molecule has 110 valence electrons.